The lowest BCUT2D eigenvalue weighted by Gasteiger charge is -2.16. The molecule has 0 saturated heterocycles. The van der Waals surface area contributed by atoms with Crippen molar-refractivity contribution in [2.75, 3.05) is 13.4 Å². The summed E-state index contributed by atoms with van der Waals surface area (Å²) in [5.41, 5.74) is -0.287. The van der Waals surface area contributed by atoms with Crippen LogP contribution < -0.4 is 19.8 Å². The number of fused-ring (bicyclic) bond motifs is 1. The Morgan fingerprint density at radius 3 is 2.66 bits per heavy atom. The molecule has 162 valence electrons. The summed E-state index contributed by atoms with van der Waals surface area (Å²) in [4.78, 5) is 25.8. The van der Waals surface area contributed by atoms with E-state index in [1.807, 2.05) is 6.07 Å². The molecule has 4 rings (SSSR count). The molecule has 0 spiro atoms. The molecule has 1 aliphatic rings. The highest BCUT2D eigenvalue weighted by Crippen LogP contribution is 2.33. The third-order valence-electron chi connectivity index (χ3n) is 5.04. The number of carbonyl (C=O) groups is 1. The highest BCUT2D eigenvalue weighted by Gasteiger charge is 2.25. The Morgan fingerprint density at radius 2 is 1.94 bits per heavy atom. The van der Waals surface area contributed by atoms with Crippen molar-refractivity contribution in [1.82, 2.24) is 4.57 Å². The second kappa shape index (κ2) is 8.77. The number of Topliss-reactive ketones (excluding diaryl/α,β-unsaturated/α-hetero) is 1. The first-order valence-electron chi connectivity index (χ1n) is 9.55. The number of rotatable bonds is 6. The fraction of sp³-hybridized carbons (Fsp3) is 0.174. The van der Waals surface area contributed by atoms with Crippen molar-refractivity contribution in [3.05, 3.63) is 79.5 Å². The third-order valence-corrected chi connectivity index (χ3v) is 5.57. The molecule has 1 aliphatic heterocycles. The molecule has 0 aliphatic carbocycles. The van der Waals surface area contributed by atoms with Crippen molar-refractivity contribution in [2.45, 2.75) is 13.5 Å². The number of aromatic nitrogens is 1. The first-order valence-corrected chi connectivity index (χ1v) is 10.3. The Hall–Kier alpha value is -3.77. The molecule has 0 atom stereocenters. The van der Waals surface area contributed by atoms with Gasteiger partial charge in [-0.2, -0.15) is 5.26 Å². The van der Waals surface area contributed by atoms with Crippen molar-refractivity contribution < 1.29 is 24.1 Å². The molecule has 2 aromatic carbocycles. The standard InChI is InChI=1S/C23H17BrN2O6/c1-13-17(9-25)22(28)26(10-14-2-7-19-20(8-14)32-12-31-19)23(29)21(13)18(27)11-30-16-5-3-15(24)4-6-16/h2-8,29H,10-12H2,1H3. The fourth-order valence-corrected chi connectivity index (χ4v) is 3.67. The van der Waals surface area contributed by atoms with Crippen molar-refractivity contribution >= 4 is 21.7 Å². The summed E-state index contributed by atoms with van der Waals surface area (Å²) in [6.07, 6.45) is 0. The van der Waals surface area contributed by atoms with Gasteiger partial charge in [-0.3, -0.25) is 14.2 Å². The van der Waals surface area contributed by atoms with E-state index in [-0.39, 0.29) is 36.6 Å². The number of aromatic hydroxyl groups is 1. The lowest BCUT2D eigenvalue weighted by molar-refractivity contribution is 0.0916. The maximum Gasteiger partial charge on any atom is 0.271 e. The van der Waals surface area contributed by atoms with Gasteiger partial charge in [-0.25, -0.2) is 0 Å². The zero-order valence-corrected chi connectivity index (χ0v) is 18.5. The number of carbonyl (C=O) groups excluding carboxylic acids is 1. The van der Waals surface area contributed by atoms with Crippen molar-refractivity contribution in [3.63, 3.8) is 0 Å². The van der Waals surface area contributed by atoms with Gasteiger partial charge in [0, 0.05) is 4.47 Å². The fourth-order valence-electron chi connectivity index (χ4n) is 3.41. The van der Waals surface area contributed by atoms with Gasteiger partial charge < -0.3 is 19.3 Å². The van der Waals surface area contributed by atoms with Crippen LogP contribution in [0.2, 0.25) is 0 Å². The molecule has 32 heavy (non-hydrogen) atoms. The molecule has 8 nitrogen and oxygen atoms in total. The molecule has 1 N–H and O–H groups in total. The largest absolute Gasteiger partial charge is 0.494 e. The van der Waals surface area contributed by atoms with E-state index in [0.29, 0.717) is 22.8 Å². The van der Waals surface area contributed by atoms with Gasteiger partial charge in [0.2, 0.25) is 18.5 Å². The van der Waals surface area contributed by atoms with Gasteiger partial charge in [0.25, 0.3) is 5.56 Å². The number of pyridine rings is 1. The Morgan fingerprint density at radius 1 is 1.22 bits per heavy atom. The first-order chi connectivity index (χ1) is 15.4. The monoisotopic (exact) mass is 496 g/mol. The highest BCUT2D eigenvalue weighted by atomic mass is 79.9. The lowest BCUT2D eigenvalue weighted by atomic mass is 10.0. The van der Waals surface area contributed by atoms with Crippen LogP contribution in [0.3, 0.4) is 0 Å². The predicted octanol–water partition coefficient (Wildman–Crippen LogP) is 3.54. The molecule has 9 heteroatoms. The number of benzene rings is 2. The average molecular weight is 497 g/mol. The number of nitriles is 1. The van der Waals surface area contributed by atoms with Gasteiger partial charge in [-0.05, 0) is 54.4 Å². The molecule has 0 radical (unpaired) electrons. The lowest BCUT2D eigenvalue weighted by Crippen LogP contribution is -2.28. The van der Waals surface area contributed by atoms with Gasteiger partial charge in [-0.15, -0.1) is 0 Å². The van der Waals surface area contributed by atoms with Crippen LogP contribution in [0.4, 0.5) is 0 Å². The summed E-state index contributed by atoms with van der Waals surface area (Å²) in [6.45, 7) is 1.12. The van der Waals surface area contributed by atoms with Crippen molar-refractivity contribution in [1.29, 1.82) is 5.26 Å². The van der Waals surface area contributed by atoms with Crippen LogP contribution in [0, 0.1) is 18.3 Å². The topological polar surface area (TPSA) is 111 Å². The molecule has 0 fully saturated rings. The number of hydrogen-bond acceptors (Lipinski definition) is 7. The van der Waals surface area contributed by atoms with E-state index in [0.717, 1.165) is 9.04 Å². The molecule has 3 aromatic rings. The van der Waals surface area contributed by atoms with Crippen LogP contribution in [0.25, 0.3) is 0 Å². The van der Waals surface area contributed by atoms with E-state index in [9.17, 15) is 20.0 Å². The van der Waals surface area contributed by atoms with Gasteiger partial charge in [0.1, 0.15) is 17.4 Å². The van der Waals surface area contributed by atoms with E-state index in [1.54, 1.807) is 42.5 Å². The van der Waals surface area contributed by atoms with Crippen LogP contribution in [-0.4, -0.2) is 28.9 Å². The van der Waals surface area contributed by atoms with E-state index in [2.05, 4.69) is 15.9 Å². The van der Waals surface area contributed by atoms with E-state index < -0.39 is 17.2 Å². The van der Waals surface area contributed by atoms with Crippen molar-refractivity contribution in [2.24, 2.45) is 0 Å². The molecule has 0 saturated carbocycles. The summed E-state index contributed by atoms with van der Waals surface area (Å²) in [7, 11) is 0. The van der Waals surface area contributed by atoms with Crippen LogP contribution in [-0.2, 0) is 6.54 Å². The minimum absolute atomic E-state index is 0.0654. The first kappa shape index (κ1) is 21.5. The SMILES string of the molecule is Cc1c(C(=O)COc2ccc(Br)cc2)c(O)n(Cc2ccc3c(c2)OCO3)c(=O)c1C#N. The smallest absolute Gasteiger partial charge is 0.271 e. The van der Waals surface area contributed by atoms with Crippen LogP contribution >= 0.6 is 15.9 Å². The average Bonchev–Trinajstić information content (AvgIpc) is 3.24. The summed E-state index contributed by atoms with van der Waals surface area (Å²) < 4.78 is 18.0. The van der Waals surface area contributed by atoms with E-state index in [4.69, 9.17) is 14.2 Å². The maximum absolute atomic E-state index is 12.9. The minimum Gasteiger partial charge on any atom is -0.494 e. The zero-order valence-electron chi connectivity index (χ0n) is 16.9. The Bertz CT molecular complexity index is 1310. The van der Waals surface area contributed by atoms with Gasteiger partial charge in [0.05, 0.1) is 12.1 Å². The highest BCUT2D eigenvalue weighted by molar-refractivity contribution is 9.10. The van der Waals surface area contributed by atoms with E-state index in [1.165, 1.54) is 6.92 Å². The van der Waals surface area contributed by atoms with Crippen LogP contribution in [0.15, 0.2) is 51.7 Å². The van der Waals surface area contributed by atoms with Gasteiger partial charge in [-0.1, -0.05) is 22.0 Å². The summed E-state index contributed by atoms with van der Waals surface area (Å²) >= 11 is 3.32. The quantitative estimate of drug-likeness (QED) is 0.519. The molecular formula is C23H17BrN2O6. The summed E-state index contributed by atoms with van der Waals surface area (Å²) in [5.74, 6) is 0.482. The number of halogens is 1. The molecule has 0 unspecified atom stereocenters. The second-order valence-corrected chi connectivity index (χ2v) is 7.97. The molecule has 2 heterocycles. The van der Waals surface area contributed by atoms with Gasteiger partial charge >= 0.3 is 0 Å². The van der Waals surface area contributed by atoms with Crippen LogP contribution in [0.1, 0.15) is 27.0 Å². The van der Waals surface area contributed by atoms with Crippen LogP contribution in [0.5, 0.6) is 23.1 Å². The molecular weight excluding hydrogens is 480 g/mol. The Balaban J connectivity index is 1.68. The summed E-state index contributed by atoms with van der Waals surface area (Å²) in [5, 5.41) is 20.4. The Labute approximate surface area is 191 Å². The molecule has 0 bridgehead atoms. The summed E-state index contributed by atoms with van der Waals surface area (Å²) in [6, 6.07) is 13.8. The predicted molar refractivity (Wildman–Crippen MR) is 117 cm³/mol. The molecule has 1 aromatic heterocycles. The minimum atomic E-state index is -0.689. The van der Waals surface area contributed by atoms with E-state index >= 15 is 0 Å². The van der Waals surface area contributed by atoms with Gasteiger partial charge in [0.15, 0.2) is 18.1 Å². The number of hydrogen-bond donors (Lipinski definition) is 1. The normalized spacial score (nSPS) is 11.8. The number of nitrogens with zero attached hydrogens (tertiary/aromatic N) is 2. The number of ether oxygens (including phenoxy) is 3. The Kier molecular flexibility index (Phi) is 5.88. The second-order valence-electron chi connectivity index (χ2n) is 7.06. The zero-order chi connectivity index (χ0) is 22.8. The number of ketones is 1. The molecule has 0 amide bonds. The maximum atomic E-state index is 12.9. The van der Waals surface area contributed by atoms with Crippen molar-refractivity contribution in [3.8, 4) is 29.2 Å². The third kappa shape index (κ3) is 4.05.